The van der Waals surface area contributed by atoms with E-state index in [4.69, 9.17) is 0 Å². The molecule has 2 aromatic rings. The van der Waals surface area contributed by atoms with Crippen LogP contribution in [-0.2, 0) is 16.2 Å². The molecule has 1 aliphatic heterocycles. The monoisotopic (exact) mass is 427 g/mol. The maximum Gasteiger partial charge on any atom is 0.418 e. The summed E-state index contributed by atoms with van der Waals surface area (Å²) in [4.78, 5) is 14.1. The molecule has 1 N–H and O–H groups in total. The lowest BCUT2D eigenvalue weighted by molar-refractivity contribution is -0.136. The first-order chi connectivity index (χ1) is 13.5. The van der Waals surface area contributed by atoms with Crippen molar-refractivity contribution in [2.45, 2.75) is 12.6 Å². The normalized spacial score (nSPS) is 16.0. The van der Waals surface area contributed by atoms with E-state index in [0.29, 0.717) is 24.3 Å². The van der Waals surface area contributed by atoms with Gasteiger partial charge in [0.05, 0.1) is 22.7 Å². The van der Waals surface area contributed by atoms with E-state index in [2.05, 4.69) is 5.32 Å². The molecular formula is C19H20F3N3O3S. The number of anilines is 3. The fourth-order valence-corrected chi connectivity index (χ4v) is 4.64. The van der Waals surface area contributed by atoms with Crippen molar-refractivity contribution >= 4 is 33.0 Å². The third-order valence-electron chi connectivity index (χ3n) is 4.57. The first kappa shape index (κ1) is 21.0. The van der Waals surface area contributed by atoms with Gasteiger partial charge in [0.15, 0.2) is 0 Å². The fraction of sp³-hybridized carbons (Fsp3) is 0.316. The Labute approximate surface area is 167 Å². The van der Waals surface area contributed by atoms with Gasteiger partial charge in [-0.15, -0.1) is 0 Å². The molecule has 1 aliphatic rings. The van der Waals surface area contributed by atoms with E-state index in [-0.39, 0.29) is 17.0 Å². The highest BCUT2D eigenvalue weighted by Gasteiger charge is 2.35. The Bertz CT molecular complexity index is 1040. The van der Waals surface area contributed by atoms with E-state index in [9.17, 15) is 26.4 Å². The van der Waals surface area contributed by atoms with Crippen molar-refractivity contribution < 1.29 is 26.4 Å². The summed E-state index contributed by atoms with van der Waals surface area (Å²) in [6, 6.07) is 9.46. The number of carbonyl (C=O) groups excluding carboxylic acids is 1. The number of rotatable bonds is 4. The van der Waals surface area contributed by atoms with E-state index < -0.39 is 27.7 Å². The number of nitrogens with one attached hydrogen (secondary N) is 1. The summed E-state index contributed by atoms with van der Waals surface area (Å²) in [6.45, 7) is 0.303. The maximum atomic E-state index is 13.5. The van der Waals surface area contributed by atoms with Crippen LogP contribution in [0.1, 0.15) is 22.3 Å². The number of amides is 1. The van der Waals surface area contributed by atoms with Crippen molar-refractivity contribution in [1.82, 2.24) is 0 Å². The predicted molar refractivity (Wildman–Crippen MR) is 106 cm³/mol. The Balaban J connectivity index is 1.90. The quantitative estimate of drug-likeness (QED) is 0.810. The van der Waals surface area contributed by atoms with Gasteiger partial charge in [-0.25, -0.2) is 8.42 Å². The Hall–Kier alpha value is -2.75. The second kappa shape index (κ2) is 7.58. The lowest BCUT2D eigenvalue weighted by Gasteiger charge is -2.19. The molecule has 1 heterocycles. The minimum Gasteiger partial charge on any atom is -0.378 e. The van der Waals surface area contributed by atoms with Crippen molar-refractivity contribution in [2.75, 3.05) is 40.9 Å². The van der Waals surface area contributed by atoms with E-state index in [1.165, 1.54) is 39.5 Å². The SMILES string of the molecule is CN(C)c1ccc(NC(=O)c2cccc(N3CCCS3(=O)=O)c2)c(C(F)(F)F)c1. The third kappa shape index (κ3) is 4.47. The van der Waals surface area contributed by atoms with Gasteiger partial charge in [-0.1, -0.05) is 6.07 Å². The summed E-state index contributed by atoms with van der Waals surface area (Å²) in [5.41, 5.74) is -0.609. The fourth-order valence-electron chi connectivity index (χ4n) is 3.08. The number of hydrogen-bond donors (Lipinski definition) is 1. The molecular weight excluding hydrogens is 407 g/mol. The van der Waals surface area contributed by atoms with Crippen LogP contribution in [0.25, 0.3) is 0 Å². The lowest BCUT2D eigenvalue weighted by atomic mass is 10.1. The van der Waals surface area contributed by atoms with Crippen LogP contribution >= 0.6 is 0 Å². The topological polar surface area (TPSA) is 69.7 Å². The van der Waals surface area contributed by atoms with Gasteiger partial charge in [-0.05, 0) is 42.8 Å². The van der Waals surface area contributed by atoms with Crippen LogP contribution in [0.4, 0.5) is 30.2 Å². The molecule has 156 valence electrons. The Morgan fingerprint density at radius 1 is 1.14 bits per heavy atom. The van der Waals surface area contributed by atoms with Crippen LogP contribution in [0.2, 0.25) is 0 Å². The van der Waals surface area contributed by atoms with E-state index >= 15 is 0 Å². The second-order valence-corrected chi connectivity index (χ2v) is 8.88. The number of carbonyl (C=O) groups is 1. The van der Waals surface area contributed by atoms with Crippen molar-refractivity contribution in [2.24, 2.45) is 0 Å². The number of halogens is 3. The average molecular weight is 427 g/mol. The highest BCUT2D eigenvalue weighted by Crippen LogP contribution is 2.37. The summed E-state index contributed by atoms with van der Waals surface area (Å²) in [5.74, 6) is -0.733. The molecule has 2 aromatic carbocycles. The summed E-state index contributed by atoms with van der Waals surface area (Å²) in [5, 5.41) is 2.29. The molecule has 1 saturated heterocycles. The van der Waals surface area contributed by atoms with Crippen LogP contribution in [0.3, 0.4) is 0 Å². The second-order valence-electron chi connectivity index (χ2n) is 6.87. The van der Waals surface area contributed by atoms with Crippen molar-refractivity contribution in [3.63, 3.8) is 0 Å². The zero-order valence-corrected chi connectivity index (χ0v) is 16.6. The Morgan fingerprint density at radius 2 is 1.86 bits per heavy atom. The van der Waals surface area contributed by atoms with Gasteiger partial charge in [0.25, 0.3) is 5.91 Å². The number of sulfonamides is 1. The molecule has 10 heteroatoms. The predicted octanol–water partition coefficient (Wildman–Crippen LogP) is 3.56. The lowest BCUT2D eigenvalue weighted by Crippen LogP contribution is -2.25. The molecule has 0 saturated carbocycles. The molecule has 0 aliphatic carbocycles. The third-order valence-corrected chi connectivity index (χ3v) is 6.44. The van der Waals surface area contributed by atoms with Crippen LogP contribution in [-0.4, -0.2) is 40.7 Å². The first-order valence-electron chi connectivity index (χ1n) is 8.79. The van der Waals surface area contributed by atoms with Gasteiger partial charge < -0.3 is 10.2 Å². The minimum absolute atomic E-state index is 0.0244. The van der Waals surface area contributed by atoms with Crippen molar-refractivity contribution in [1.29, 1.82) is 0 Å². The van der Waals surface area contributed by atoms with Crippen molar-refractivity contribution in [3.05, 3.63) is 53.6 Å². The summed E-state index contributed by atoms with van der Waals surface area (Å²) in [7, 11) is -0.199. The zero-order valence-electron chi connectivity index (χ0n) is 15.8. The standard InChI is InChI=1S/C19H20F3N3O3S/c1-24(2)14-7-8-17(16(12-14)19(20,21)22)23-18(26)13-5-3-6-15(11-13)25-9-4-10-29(25,27)28/h3,5-8,11-12H,4,9-10H2,1-2H3,(H,23,26). The van der Waals surface area contributed by atoms with Gasteiger partial charge in [0.2, 0.25) is 10.0 Å². The largest absolute Gasteiger partial charge is 0.418 e. The Kier molecular flexibility index (Phi) is 5.48. The molecule has 0 unspecified atom stereocenters. The van der Waals surface area contributed by atoms with E-state index in [0.717, 1.165) is 6.07 Å². The van der Waals surface area contributed by atoms with Crippen LogP contribution in [0, 0.1) is 0 Å². The first-order valence-corrected chi connectivity index (χ1v) is 10.4. The van der Waals surface area contributed by atoms with Gasteiger partial charge in [0.1, 0.15) is 0 Å². The van der Waals surface area contributed by atoms with Crippen molar-refractivity contribution in [3.8, 4) is 0 Å². The number of alkyl halides is 3. The van der Waals surface area contributed by atoms with E-state index in [1.807, 2.05) is 0 Å². The molecule has 0 aromatic heterocycles. The van der Waals surface area contributed by atoms with Gasteiger partial charge in [-0.2, -0.15) is 13.2 Å². The van der Waals surface area contributed by atoms with Crippen LogP contribution < -0.4 is 14.5 Å². The van der Waals surface area contributed by atoms with Gasteiger partial charge in [0, 0.05) is 31.9 Å². The average Bonchev–Trinajstić information content (AvgIpc) is 3.00. The van der Waals surface area contributed by atoms with Gasteiger partial charge >= 0.3 is 6.18 Å². The molecule has 29 heavy (non-hydrogen) atoms. The molecule has 1 amide bonds. The summed E-state index contributed by atoms with van der Waals surface area (Å²) >= 11 is 0. The molecule has 0 radical (unpaired) electrons. The molecule has 0 spiro atoms. The van der Waals surface area contributed by atoms with E-state index in [1.54, 1.807) is 20.2 Å². The highest BCUT2D eigenvalue weighted by molar-refractivity contribution is 7.93. The van der Waals surface area contributed by atoms with Crippen LogP contribution in [0.15, 0.2) is 42.5 Å². The van der Waals surface area contributed by atoms with Gasteiger partial charge in [-0.3, -0.25) is 9.10 Å². The minimum atomic E-state index is -4.65. The smallest absolute Gasteiger partial charge is 0.378 e. The number of benzene rings is 2. The zero-order chi connectivity index (χ0) is 21.4. The molecule has 6 nitrogen and oxygen atoms in total. The number of nitrogens with zero attached hydrogens (tertiary/aromatic N) is 2. The molecule has 0 bridgehead atoms. The Morgan fingerprint density at radius 3 is 2.45 bits per heavy atom. The summed E-state index contributed by atoms with van der Waals surface area (Å²) < 4.78 is 65.7. The molecule has 0 atom stereocenters. The maximum absolute atomic E-state index is 13.5. The van der Waals surface area contributed by atoms with Crippen LogP contribution in [0.5, 0.6) is 0 Å². The highest BCUT2D eigenvalue weighted by atomic mass is 32.2. The molecule has 1 fully saturated rings. The number of hydrogen-bond acceptors (Lipinski definition) is 4. The molecule has 3 rings (SSSR count). The summed E-state index contributed by atoms with van der Waals surface area (Å²) in [6.07, 6.45) is -4.17.